The fourth-order valence-corrected chi connectivity index (χ4v) is 1.86. The predicted octanol–water partition coefficient (Wildman–Crippen LogP) is 1.77. The molecular formula is C12H18N2O. The van der Waals surface area contributed by atoms with E-state index in [-0.39, 0.29) is 0 Å². The molecule has 0 aromatic carbocycles. The van der Waals surface area contributed by atoms with E-state index in [1.807, 2.05) is 12.1 Å². The van der Waals surface area contributed by atoms with Crippen molar-refractivity contribution in [2.75, 3.05) is 19.7 Å². The van der Waals surface area contributed by atoms with Crippen LogP contribution in [0.2, 0.25) is 0 Å². The molecular weight excluding hydrogens is 188 g/mol. The standard InChI is InChI=1S/C12H18N2O/c1-10-4-6-14-12(7-10)15-9-11-3-2-5-13-8-11/h4,6-7,11,13H,2-3,5,8-9H2,1H3/t11-/m0/s1. The zero-order chi connectivity index (χ0) is 10.5. The van der Waals surface area contributed by atoms with Crippen LogP contribution in [0.15, 0.2) is 18.3 Å². The van der Waals surface area contributed by atoms with Crippen LogP contribution in [0.5, 0.6) is 5.88 Å². The molecule has 0 bridgehead atoms. The maximum absolute atomic E-state index is 5.68. The van der Waals surface area contributed by atoms with Crippen LogP contribution in [-0.2, 0) is 0 Å². The minimum atomic E-state index is 0.640. The molecule has 1 aromatic rings. The van der Waals surface area contributed by atoms with Crippen molar-refractivity contribution in [2.24, 2.45) is 5.92 Å². The third-order valence-corrected chi connectivity index (χ3v) is 2.76. The average molecular weight is 206 g/mol. The van der Waals surface area contributed by atoms with Crippen molar-refractivity contribution in [3.05, 3.63) is 23.9 Å². The summed E-state index contributed by atoms with van der Waals surface area (Å²) in [6.45, 7) is 5.06. The number of nitrogens with one attached hydrogen (secondary N) is 1. The predicted molar refractivity (Wildman–Crippen MR) is 60.1 cm³/mol. The molecule has 0 spiro atoms. The molecule has 0 amide bonds. The van der Waals surface area contributed by atoms with Crippen molar-refractivity contribution in [2.45, 2.75) is 19.8 Å². The van der Waals surface area contributed by atoms with E-state index in [1.54, 1.807) is 6.20 Å². The molecule has 0 saturated carbocycles. The lowest BCUT2D eigenvalue weighted by atomic mass is 10.0. The minimum absolute atomic E-state index is 0.640. The van der Waals surface area contributed by atoms with E-state index in [4.69, 9.17) is 4.74 Å². The summed E-state index contributed by atoms with van der Waals surface area (Å²) in [6, 6.07) is 3.96. The zero-order valence-corrected chi connectivity index (χ0v) is 9.20. The van der Waals surface area contributed by atoms with E-state index in [1.165, 1.54) is 18.4 Å². The molecule has 1 fully saturated rings. The molecule has 82 valence electrons. The van der Waals surface area contributed by atoms with E-state index in [2.05, 4.69) is 17.2 Å². The van der Waals surface area contributed by atoms with Gasteiger partial charge >= 0.3 is 0 Å². The number of piperidine rings is 1. The minimum Gasteiger partial charge on any atom is -0.477 e. The van der Waals surface area contributed by atoms with Gasteiger partial charge in [0.05, 0.1) is 6.61 Å². The second kappa shape index (κ2) is 5.12. The van der Waals surface area contributed by atoms with E-state index >= 15 is 0 Å². The first-order chi connectivity index (χ1) is 7.34. The number of pyridine rings is 1. The summed E-state index contributed by atoms with van der Waals surface area (Å²) in [5.41, 5.74) is 1.20. The van der Waals surface area contributed by atoms with E-state index in [0.29, 0.717) is 5.92 Å². The van der Waals surface area contributed by atoms with Gasteiger partial charge in [0, 0.05) is 24.7 Å². The lowest BCUT2D eigenvalue weighted by Gasteiger charge is -2.22. The van der Waals surface area contributed by atoms with Gasteiger partial charge < -0.3 is 10.1 Å². The molecule has 1 N–H and O–H groups in total. The second-order valence-corrected chi connectivity index (χ2v) is 4.19. The van der Waals surface area contributed by atoms with E-state index < -0.39 is 0 Å². The Balaban J connectivity index is 1.81. The summed E-state index contributed by atoms with van der Waals surface area (Å²) in [6.07, 6.45) is 4.32. The van der Waals surface area contributed by atoms with Crippen molar-refractivity contribution >= 4 is 0 Å². The van der Waals surface area contributed by atoms with Gasteiger partial charge in [0.25, 0.3) is 0 Å². The van der Waals surface area contributed by atoms with Gasteiger partial charge in [-0.25, -0.2) is 4.98 Å². The van der Waals surface area contributed by atoms with Crippen LogP contribution in [0, 0.1) is 12.8 Å². The summed E-state index contributed by atoms with van der Waals surface area (Å²) in [4.78, 5) is 4.18. The van der Waals surface area contributed by atoms with Crippen LogP contribution >= 0.6 is 0 Å². The van der Waals surface area contributed by atoms with Crippen LogP contribution in [0.25, 0.3) is 0 Å². The Morgan fingerprint density at radius 1 is 1.60 bits per heavy atom. The maximum atomic E-state index is 5.68. The van der Waals surface area contributed by atoms with Crippen LogP contribution < -0.4 is 10.1 Å². The third-order valence-electron chi connectivity index (χ3n) is 2.76. The number of rotatable bonds is 3. The Bertz CT molecular complexity index is 308. The smallest absolute Gasteiger partial charge is 0.213 e. The quantitative estimate of drug-likeness (QED) is 0.818. The Morgan fingerprint density at radius 3 is 3.27 bits per heavy atom. The van der Waals surface area contributed by atoms with Crippen molar-refractivity contribution in [3.63, 3.8) is 0 Å². The summed E-state index contributed by atoms with van der Waals surface area (Å²) >= 11 is 0. The Kier molecular flexibility index (Phi) is 3.56. The summed E-state index contributed by atoms with van der Waals surface area (Å²) < 4.78 is 5.68. The molecule has 3 nitrogen and oxygen atoms in total. The molecule has 1 aliphatic rings. The molecule has 15 heavy (non-hydrogen) atoms. The number of aryl methyl sites for hydroxylation is 1. The molecule has 2 rings (SSSR count). The Labute approximate surface area is 90.9 Å². The Hall–Kier alpha value is -1.09. The van der Waals surface area contributed by atoms with Crippen molar-refractivity contribution in [3.8, 4) is 5.88 Å². The molecule has 3 heteroatoms. The average Bonchev–Trinajstić information content (AvgIpc) is 2.28. The van der Waals surface area contributed by atoms with Crippen LogP contribution in [0.3, 0.4) is 0 Å². The molecule has 0 unspecified atom stereocenters. The normalized spacial score (nSPS) is 21.3. The van der Waals surface area contributed by atoms with Gasteiger partial charge in [0.15, 0.2) is 0 Å². The molecule has 1 aromatic heterocycles. The monoisotopic (exact) mass is 206 g/mol. The SMILES string of the molecule is Cc1ccnc(OC[C@H]2CCCNC2)c1. The molecule has 2 heterocycles. The topological polar surface area (TPSA) is 34.1 Å². The van der Waals surface area contributed by atoms with Crippen molar-refractivity contribution < 1.29 is 4.74 Å². The van der Waals surface area contributed by atoms with Crippen molar-refractivity contribution in [1.82, 2.24) is 10.3 Å². The highest BCUT2D eigenvalue weighted by Crippen LogP contribution is 2.13. The third kappa shape index (κ3) is 3.20. The number of aromatic nitrogens is 1. The summed E-state index contributed by atoms with van der Waals surface area (Å²) in [7, 11) is 0. The van der Waals surface area contributed by atoms with Crippen LogP contribution in [0.4, 0.5) is 0 Å². The van der Waals surface area contributed by atoms with E-state index in [0.717, 1.165) is 25.6 Å². The van der Waals surface area contributed by atoms with Gasteiger partial charge in [-0.1, -0.05) is 0 Å². The number of hydrogen-bond acceptors (Lipinski definition) is 3. The highest BCUT2D eigenvalue weighted by molar-refractivity contribution is 5.18. The largest absolute Gasteiger partial charge is 0.477 e. The summed E-state index contributed by atoms with van der Waals surface area (Å²) in [5, 5.41) is 3.38. The molecule has 0 radical (unpaired) electrons. The second-order valence-electron chi connectivity index (χ2n) is 4.19. The van der Waals surface area contributed by atoms with Gasteiger partial charge in [-0.3, -0.25) is 0 Å². The lowest BCUT2D eigenvalue weighted by Crippen LogP contribution is -2.33. The lowest BCUT2D eigenvalue weighted by molar-refractivity contribution is 0.212. The molecule has 1 atom stereocenters. The fraction of sp³-hybridized carbons (Fsp3) is 0.583. The molecule has 0 aliphatic carbocycles. The van der Waals surface area contributed by atoms with Crippen LogP contribution in [0.1, 0.15) is 18.4 Å². The van der Waals surface area contributed by atoms with Gasteiger partial charge in [-0.2, -0.15) is 0 Å². The Morgan fingerprint density at radius 2 is 2.53 bits per heavy atom. The van der Waals surface area contributed by atoms with E-state index in [9.17, 15) is 0 Å². The first-order valence-corrected chi connectivity index (χ1v) is 5.61. The van der Waals surface area contributed by atoms with Gasteiger partial charge in [0.2, 0.25) is 5.88 Å². The zero-order valence-electron chi connectivity index (χ0n) is 9.20. The van der Waals surface area contributed by atoms with Gasteiger partial charge in [-0.15, -0.1) is 0 Å². The number of ether oxygens (including phenoxy) is 1. The molecule has 1 aliphatic heterocycles. The summed E-state index contributed by atoms with van der Waals surface area (Å²) in [5.74, 6) is 1.39. The number of nitrogens with zero attached hydrogens (tertiary/aromatic N) is 1. The molecule has 1 saturated heterocycles. The van der Waals surface area contributed by atoms with Crippen molar-refractivity contribution in [1.29, 1.82) is 0 Å². The maximum Gasteiger partial charge on any atom is 0.213 e. The highest BCUT2D eigenvalue weighted by atomic mass is 16.5. The fourth-order valence-electron chi connectivity index (χ4n) is 1.86. The first kappa shape index (κ1) is 10.4. The number of hydrogen-bond donors (Lipinski definition) is 1. The van der Waals surface area contributed by atoms with Gasteiger partial charge in [0.1, 0.15) is 0 Å². The van der Waals surface area contributed by atoms with Crippen LogP contribution in [-0.4, -0.2) is 24.7 Å². The van der Waals surface area contributed by atoms with Gasteiger partial charge in [-0.05, 0) is 37.9 Å². The first-order valence-electron chi connectivity index (χ1n) is 5.61. The highest BCUT2D eigenvalue weighted by Gasteiger charge is 2.13.